The number of nitrogens with one attached hydrogen (secondary N) is 2. The van der Waals surface area contributed by atoms with Crippen molar-refractivity contribution in [2.75, 3.05) is 25.4 Å². The monoisotopic (exact) mass is 303 g/mol. The Labute approximate surface area is 121 Å². The fourth-order valence-electron chi connectivity index (χ4n) is 2.84. The summed E-state index contributed by atoms with van der Waals surface area (Å²) in [5, 5.41) is 6.29. The Morgan fingerprint density at radius 2 is 1.95 bits per heavy atom. The number of piperidine rings is 2. The van der Waals surface area contributed by atoms with Crippen LogP contribution in [-0.4, -0.2) is 56.1 Å². The minimum absolute atomic E-state index is 0.0684. The van der Waals surface area contributed by atoms with Crippen LogP contribution >= 0.6 is 0 Å². The number of sulfonamides is 1. The number of carbonyl (C=O) groups is 1. The minimum Gasteiger partial charge on any atom is -0.352 e. The van der Waals surface area contributed by atoms with Gasteiger partial charge in [-0.25, -0.2) is 12.7 Å². The second-order valence-electron chi connectivity index (χ2n) is 5.58. The van der Waals surface area contributed by atoms with E-state index in [0.29, 0.717) is 25.9 Å². The summed E-state index contributed by atoms with van der Waals surface area (Å²) in [4.78, 5) is 12.1. The molecule has 1 unspecified atom stereocenters. The van der Waals surface area contributed by atoms with E-state index in [0.717, 1.165) is 25.8 Å². The Hall–Kier alpha value is -0.660. The van der Waals surface area contributed by atoms with Gasteiger partial charge in [-0.05, 0) is 39.2 Å². The highest BCUT2D eigenvalue weighted by atomic mass is 32.2. The van der Waals surface area contributed by atoms with Crippen molar-refractivity contribution >= 4 is 15.9 Å². The molecule has 1 amide bonds. The van der Waals surface area contributed by atoms with E-state index in [1.807, 2.05) is 0 Å². The van der Waals surface area contributed by atoms with Crippen molar-refractivity contribution in [2.24, 2.45) is 0 Å². The van der Waals surface area contributed by atoms with Crippen LogP contribution in [0.1, 0.15) is 39.0 Å². The van der Waals surface area contributed by atoms with Gasteiger partial charge in [0.15, 0.2) is 0 Å². The van der Waals surface area contributed by atoms with Gasteiger partial charge in [-0.15, -0.1) is 0 Å². The van der Waals surface area contributed by atoms with Crippen molar-refractivity contribution in [1.29, 1.82) is 0 Å². The maximum Gasteiger partial charge on any atom is 0.237 e. The van der Waals surface area contributed by atoms with E-state index in [1.54, 1.807) is 6.92 Å². The SMILES string of the molecule is CCS(=O)(=O)N1CCC(NC(=O)C2CCCCN2)CC1. The molecule has 0 radical (unpaired) electrons. The molecule has 0 aromatic heterocycles. The predicted molar refractivity (Wildman–Crippen MR) is 77.8 cm³/mol. The molecule has 0 aliphatic carbocycles. The normalized spacial score (nSPS) is 26.4. The Bertz CT molecular complexity index is 424. The Balaban J connectivity index is 1.78. The molecule has 0 bridgehead atoms. The van der Waals surface area contributed by atoms with Crippen molar-refractivity contribution < 1.29 is 13.2 Å². The first kappa shape index (κ1) is 15.7. The molecule has 2 rings (SSSR count). The summed E-state index contributed by atoms with van der Waals surface area (Å²) in [6.07, 6.45) is 4.54. The molecule has 7 heteroatoms. The molecule has 6 nitrogen and oxygen atoms in total. The first-order valence-corrected chi connectivity index (χ1v) is 9.15. The van der Waals surface area contributed by atoms with Crippen molar-refractivity contribution in [3.05, 3.63) is 0 Å². The van der Waals surface area contributed by atoms with Gasteiger partial charge in [0.25, 0.3) is 0 Å². The zero-order valence-corrected chi connectivity index (χ0v) is 12.9. The van der Waals surface area contributed by atoms with E-state index in [1.165, 1.54) is 4.31 Å². The number of hydrogen-bond acceptors (Lipinski definition) is 4. The second kappa shape index (κ2) is 6.87. The van der Waals surface area contributed by atoms with Crippen LogP contribution in [0.2, 0.25) is 0 Å². The van der Waals surface area contributed by atoms with Crippen LogP contribution in [-0.2, 0) is 14.8 Å². The van der Waals surface area contributed by atoms with E-state index in [2.05, 4.69) is 10.6 Å². The van der Waals surface area contributed by atoms with Gasteiger partial charge < -0.3 is 10.6 Å². The number of amides is 1. The van der Waals surface area contributed by atoms with E-state index in [4.69, 9.17) is 0 Å². The summed E-state index contributed by atoms with van der Waals surface area (Å²) in [6.45, 7) is 3.60. The van der Waals surface area contributed by atoms with Gasteiger partial charge in [0.05, 0.1) is 11.8 Å². The van der Waals surface area contributed by atoms with Crippen LogP contribution < -0.4 is 10.6 Å². The third-order valence-electron chi connectivity index (χ3n) is 4.19. The van der Waals surface area contributed by atoms with Crippen molar-refractivity contribution in [3.63, 3.8) is 0 Å². The molecule has 2 saturated heterocycles. The van der Waals surface area contributed by atoms with Crippen LogP contribution in [0.3, 0.4) is 0 Å². The lowest BCUT2D eigenvalue weighted by Gasteiger charge is -2.32. The molecule has 2 aliphatic rings. The lowest BCUT2D eigenvalue weighted by atomic mass is 10.0. The molecule has 2 fully saturated rings. The highest BCUT2D eigenvalue weighted by molar-refractivity contribution is 7.89. The van der Waals surface area contributed by atoms with Gasteiger partial charge in [-0.1, -0.05) is 6.42 Å². The van der Waals surface area contributed by atoms with E-state index < -0.39 is 10.0 Å². The summed E-state index contributed by atoms with van der Waals surface area (Å²) >= 11 is 0. The number of nitrogens with zero attached hydrogens (tertiary/aromatic N) is 1. The predicted octanol–water partition coefficient (Wildman–Crippen LogP) is 0.0588. The zero-order valence-electron chi connectivity index (χ0n) is 12.1. The van der Waals surface area contributed by atoms with Gasteiger partial charge in [-0.3, -0.25) is 4.79 Å². The Kier molecular flexibility index (Phi) is 5.40. The molecule has 0 aromatic rings. The van der Waals surface area contributed by atoms with Crippen molar-refractivity contribution in [1.82, 2.24) is 14.9 Å². The fraction of sp³-hybridized carbons (Fsp3) is 0.923. The van der Waals surface area contributed by atoms with Gasteiger partial charge in [0.1, 0.15) is 0 Å². The topological polar surface area (TPSA) is 78.5 Å². The van der Waals surface area contributed by atoms with Crippen LogP contribution in [0, 0.1) is 0 Å². The van der Waals surface area contributed by atoms with E-state index in [-0.39, 0.29) is 23.7 Å². The summed E-state index contributed by atoms with van der Waals surface area (Å²) < 4.78 is 25.1. The molecule has 116 valence electrons. The molecule has 0 saturated carbocycles. The molecule has 2 N–H and O–H groups in total. The summed E-state index contributed by atoms with van der Waals surface area (Å²) in [7, 11) is -3.09. The molecule has 0 spiro atoms. The number of hydrogen-bond donors (Lipinski definition) is 2. The lowest BCUT2D eigenvalue weighted by Crippen LogP contribution is -2.52. The minimum atomic E-state index is -3.09. The number of rotatable bonds is 4. The highest BCUT2D eigenvalue weighted by Gasteiger charge is 2.29. The maximum absolute atomic E-state index is 12.1. The van der Waals surface area contributed by atoms with Gasteiger partial charge in [0.2, 0.25) is 15.9 Å². The fourth-order valence-corrected chi connectivity index (χ4v) is 3.97. The molecule has 2 aliphatic heterocycles. The molecular formula is C13H25N3O3S. The molecule has 20 heavy (non-hydrogen) atoms. The highest BCUT2D eigenvalue weighted by Crippen LogP contribution is 2.15. The van der Waals surface area contributed by atoms with Crippen molar-refractivity contribution in [2.45, 2.75) is 51.1 Å². The van der Waals surface area contributed by atoms with E-state index >= 15 is 0 Å². The molecule has 2 heterocycles. The van der Waals surface area contributed by atoms with Crippen molar-refractivity contribution in [3.8, 4) is 0 Å². The summed E-state index contributed by atoms with van der Waals surface area (Å²) in [5.74, 6) is 0.220. The number of carbonyl (C=O) groups excluding carboxylic acids is 1. The first-order chi connectivity index (χ1) is 9.53. The average Bonchev–Trinajstić information content (AvgIpc) is 2.48. The standard InChI is InChI=1S/C13H25N3O3S/c1-2-20(18,19)16-9-6-11(7-10-16)15-13(17)12-5-3-4-8-14-12/h11-12,14H,2-10H2,1H3,(H,15,17). The Morgan fingerprint density at radius 3 is 2.50 bits per heavy atom. The van der Waals surface area contributed by atoms with Crippen LogP contribution in [0.4, 0.5) is 0 Å². The largest absolute Gasteiger partial charge is 0.352 e. The average molecular weight is 303 g/mol. The molecular weight excluding hydrogens is 278 g/mol. The van der Waals surface area contributed by atoms with Gasteiger partial charge >= 0.3 is 0 Å². The lowest BCUT2D eigenvalue weighted by molar-refractivity contribution is -0.124. The first-order valence-electron chi connectivity index (χ1n) is 7.54. The van der Waals surface area contributed by atoms with Crippen LogP contribution in [0.5, 0.6) is 0 Å². The van der Waals surface area contributed by atoms with Gasteiger partial charge in [-0.2, -0.15) is 0 Å². The van der Waals surface area contributed by atoms with Crippen LogP contribution in [0.15, 0.2) is 0 Å². The Morgan fingerprint density at radius 1 is 1.25 bits per heavy atom. The summed E-state index contributed by atoms with van der Waals surface area (Å²) in [5.41, 5.74) is 0. The van der Waals surface area contributed by atoms with Gasteiger partial charge in [0, 0.05) is 19.1 Å². The van der Waals surface area contributed by atoms with E-state index in [9.17, 15) is 13.2 Å². The maximum atomic E-state index is 12.1. The zero-order chi connectivity index (χ0) is 14.6. The molecule has 1 atom stereocenters. The summed E-state index contributed by atoms with van der Waals surface area (Å²) in [6, 6.07) is 0.0377. The third-order valence-corrected chi connectivity index (χ3v) is 6.07. The third kappa shape index (κ3) is 3.93. The second-order valence-corrected chi connectivity index (χ2v) is 7.84. The smallest absolute Gasteiger partial charge is 0.237 e. The molecule has 0 aromatic carbocycles. The quantitative estimate of drug-likeness (QED) is 0.770. The van der Waals surface area contributed by atoms with Crippen LogP contribution in [0.25, 0.3) is 0 Å².